The number of aryl methyl sites for hydroxylation is 1. The number of hydrogen-bond donors (Lipinski definition) is 0. The van der Waals surface area contributed by atoms with E-state index in [2.05, 4.69) is 45.0 Å². The minimum atomic E-state index is 0.343. The van der Waals surface area contributed by atoms with Crippen molar-refractivity contribution in [1.29, 1.82) is 0 Å². The van der Waals surface area contributed by atoms with Gasteiger partial charge in [-0.2, -0.15) is 0 Å². The molecule has 2 aromatic heterocycles. The molecule has 8 heteroatoms. The monoisotopic (exact) mass is 466 g/mol. The minimum Gasteiger partial charge on any atom is -0.474 e. The summed E-state index contributed by atoms with van der Waals surface area (Å²) < 4.78 is 17.0. The van der Waals surface area contributed by atoms with E-state index in [1.807, 2.05) is 24.4 Å². The number of aromatic nitrogens is 2. The second-order valence-electron chi connectivity index (χ2n) is 7.65. The molecule has 0 saturated carbocycles. The molecule has 33 heavy (non-hydrogen) atoms. The number of rotatable bonds is 9. The van der Waals surface area contributed by atoms with Gasteiger partial charge in [0, 0.05) is 43.3 Å². The van der Waals surface area contributed by atoms with Crippen molar-refractivity contribution in [2.24, 2.45) is 4.99 Å². The third-order valence-corrected chi connectivity index (χ3v) is 5.26. The first-order valence-electron chi connectivity index (χ1n) is 10.9. The molecule has 1 fully saturated rings. The van der Waals surface area contributed by atoms with Gasteiger partial charge in [-0.05, 0) is 24.6 Å². The standard InChI is InChI=1S/C25H27ClN4O3/c1-19-3-2-4-20(13-19)16-27-18-22-14-23(30-7-9-31-10-8-30)15-25(29-22)33-12-11-32-24-6-5-21(26)17-28-24/h2-6,13-17H,7-12,18H2,1H3. The Bertz CT molecular complexity index is 1070. The Kier molecular flexibility index (Phi) is 8.11. The van der Waals surface area contributed by atoms with Gasteiger partial charge in [-0.3, -0.25) is 4.99 Å². The second-order valence-corrected chi connectivity index (χ2v) is 8.09. The summed E-state index contributed by atoms with van der Waals surface area (Å²) in [5, 5.41) is 0.570. The summed E-state index contributed by atoms with van der Waals surface area (Å²) >= 11 is 5.85. The summed E-state index contributed by atoms with van der Waals surface area (Å²) in [5.41, 5.74) is 4.18. The van der Waals surface area contributed by atoms with Crippen LogP contribution in [0.25, 0.3) is 0 Å². The van der Waals surface area contributed by atoms with Crippen molar-refractivity contribution in [3.05, 3.63) is 76.6 Å². The number of morpholine rings is 1. The summed E-state index contributed by atoms with van der Waals surface area (Å²) in [7, 11) is 0. The van der Waals surface area contributed by atoms with Gasteiger partial charge in [-0.15, -0.1) is 0 Å². The van der Waals surface area contributed by atoms with E-state index in [4.69, 9.17) is 25.8 Å². The van der Waals surface area contributed by atoms with E-state index in [9.17, 15) is 0 Å². The van der Waals surface area contributed by atoms with Crippen LogP contribution in [0.4, 0.5) is 5.69 Å². The molecule has 0 unspecified atom stereocenters. The first-order valence-corrected chi connectivity index (χ1v) is 11.3. The summed E-state index contributed by atoms with van der Waals surface area (Å²) in [6.45, 7) is 6.31. The van der Waals surface area contributed by atoms with Crippen LogP contribution < -0.4 is 14.4 Å². The number of hydrogen-bond acceptors (Lipinski definition) is 7. The molecule has 1 aliphatic rings. The number of pyridine rings is 2. The maximum absolute atomic E-state index is 5.90. The topological polar surface area (TPSA) is 69.1 Å². The molecular weight excluding hydrogens is 440 g/mol. The first-order chi connectivity index (χ1) is 16.2. The van der Waals surface area contributed by atoms with Crippen molar-refractivity contribution in [1.82, 2.24) is 9.97 Å². The quantitative estimate of drug-likeness (QED) is 0.345. The third-order valence-electron chi connectivity index (χ3n) is 5.04. The number of halogens is 1. The van der Waals surface area contributed by atoms with Gasteiger partial charge in [0.2, 0.25) is 11.8 Å². The highest BCUT2D eigenvalue weighted by molar-refractivity contribution is 6.30. The molecule has 172 valence electrons. The van der Waals surface area contributed by atoms with Crippen molar-refractivity contribution >= 4 is 23.5 Å². The van der Waals surface area contributed by atoms with Crippen LogP contribution in [0, 0.1) is 6.92 Å². The van der Waals surface area contributed by atoms with Crippen molar-refractivity contribution in [3.8, 4) is 11.8 Å². The largest absolute Gasteiger partial charge is 0.474 e. The number of nitrogens with zero attached hydrogens (tertiary/aromatic N) is 4. The van der Waals surface area contributed by atoms with Gasteiger partial charge >= 0.3 is 0 Å². The predicted molar refractivity (Wildman–Crippen MR) is 130 cm³/mol. The van der Waals surface area contributed by atoms with Crippen LogP contribution in [-0.4, -0.2) is 55.7 Å². The Balaban J connectivity index is 1.41. The lowest BCUT2D eigenvalue weighted by Gasteiger charge is -2.29. The Morgan fingerprint density at radius 3 is 2.64 bits per heavy atom. The molecule has 4 rings (SSSR count). The van der Waals surface area contributed by atoms with Gasteiger partial charge in [0.05, 0.1) is 30.5 Å². The van der Waals surface area contributed by atoms with Gasteiger partial charge in [0.1, 0.15) is 13.2 Å². The van der Waals surface area contributed by atoms with Gasteiger partial charge < -0.3 is 19.1 Å². The van der Waals surface area contributed by atoms with Crippen LogP contribution in [0.3, 0.4) is 0 Å². The van der Waals surface area contributed by atoms with Crippen LogP contribution in [0.1, 0.15) is 16.8 Å². The zero-order chi connectivity index (χ0) is 22.9. The summed E-state index contributed by atoms with van der Waals surface area (Å²) in [6.07, 6.45) is 3.43. The van der Waals surface area contributed by atoms with Gasteiger partial charge in [0.25, 0.3) is 0 Å². The van der Waals surface area contributed by atoms with E-state index in [-0.39, 0.29) is 0 Å². The van der Waals surface area contributed by atoms with Crippen LogP contribution in [0.15, 0.2) is 59.7 Å². The Hall–Kier alpha value is -3.16. The minimum absolute atomic E-state index is 0.343. The molecule has 3 heterocycles. The number of aliphatic imine (C=N–C) groups is 1. The third kappa shape index (κ3) is 7.17. The van der Waals surface area contributed by atoms with Gasteiger partial charge in [-0.25, -0.2) is 9.97 Å². The zero-order valence-electron chi connectivity index (χ0n) is 18.6. The molecule has 1 saturated heterocycles. The van der Waals surface area contributed by atoms with E-state index < -0.39 is 0 Å². The van der Waals surface area contributed by atoms with Crippen LogP contribution in [0.2, 0.25) is 5.02 Å². The molecule has 0 N–H and O–H groups in total. The van der Waals surface area contributed by atoms with Crippen LogP contribution in [0.5, 0.6) is 11.8 Å². The molecule has 0 amide bonds. The van der Waals surface area contributed by atoms with Crippen molar-refractivity contribution in [2.75, 3.05) is 44.4 Å². The van der Waals surface area contributed by atoms with Crippen LogP contribution in [-0.2, 0) is 11.3 Å². The van der Waals surface area contributed by atoms with E-state index in [1.54, 1.807) is 18.3 Å². The maximum Gasteiger partial charge on any atom is 0.215 e. The molecule has 7 nitrogen and oxygen atoms in total. The summed E-state index contributed by atoms with van der Waals surface area (Å²) in [4.78, 5) is 15.6. The Morgan fingerprint density at radius 2 is 1.88 bits per heavy atom. The highest BCUT2D eigenvalue weighted by Gasteiger charge is 2.14. The molecule has 0 aliphatic carbocycles. The molecule has 1 aromatic carbocycles. The van der Waals surface area contributed by atoms with E-state index in [0.717, 1.165) is 30.0 Å². The van der Waals surface area contributed by atoms with Crippen LogP contribution >= 0.6 is 11.6 Å². The van der Waals surface area contributed by atoms with E-state index in [1.165, 1.54) is 5.56 Å². The SMILES string of the molecule is Cc1cccc(C=NCc2cc(N3CCOCC3)cc(OCCOc3ccc(Cl)cn3)n2)c1. The highest BCUT2D eigenvalue weighted by atomic mass is 35.5. The number of benzene rings is 1. The lowest BCUT2D eigenvalue weighted by molar-refractivity contribution is 0.122. The summed E-state index contributed by atoms with van der Waals surface area (Å²) in [5.74, 6) is 1.05. The smallest absolute Gasteiger partial charge is 0.215 e. The number of anilines is 1. The van der Waals surface area contributed by atoms with Crippen molar-refractivity contribution < 1.29 is 14.2 Å². The Morgan fingerprint density at radius 1 is 1.06 bits per heavy atom. The Labute approximate surface area is 199 Å². The first kappa shape index (κ1) is 23.0. The lowest BCUT2D eigenvalue weighted by atomic mass is 10.1. The number of ether oxygens (including phenoxy) is 3. The fourth-order valence-corrected chi connectivity index (χ4v) is 3.55. The second kappa shape index (κ2) is 11.6. The van der Waals surface area contributed by atoms with Gasteiger partial charge in [-0.1, -0.05) is 41.4 Å². The average molecular weight is 467 g/mol. The average Bonchev–Trinajstić information content (AvgIpc) is 2.83. The van der Waals surface area contributed by atoms with E-state index in [0.29, 0.717) is 49.8 Å². The van der Waals surface area contributed by atoms with E-state index >= 15 is 0 Å². The fraction of sp³-hybridized carbons (Fsp3) is 0.320. The zero-order valence-corrected chi connectivity index (χ0v) is 19.4. The molecule has 0 spiro atoms. The fourth-order valence-electron chi connectivity index (χ4n) is 3.44. The summed E-state index contributed by atoms with van der Waals surface area (Å²) in [6, 6.07) is 15.7. The van der Waals surface area contributed by atoms with Crippen molar-refractivity contribution in [3.63, 3.8) is 0 Å². The lowest BCUT2D eigenvalue weighted by Crippen LogP contribution is -2.36. The predicted octanol–water partition coefficient (Wildman–Crippen LogP) is 4.35. The molecule has 3 aromatic rings. The molecule has 0 bridgehead atoms. The molecule has 1 aliphatic heterocycles. The highest BCUT2D eigenvalue weighted by Crippen LogP contribution is 2.23. The van der Waals surface area contributed by atoms with Crippen molar-refractivity contribution in [2.45, 2.75) is 13.5 Å². The van der Waals surface area contributed by atoms with Gasteiger partial charge in [0.15, 0.2) is 0 Å². The maximum atomic E-state index is 5.90. The molecule has 0 radical (unpaired) electrons. The normalized spacial score (nSPS) is 13.9. The molecule has 0 atom stereocenters. The molecular formula is C25H27ClN4O3.